The van der Waals surface area contributed by atoms with Crippen molar-refractivity contribution in [3.8, 4) is 0 Å². The number of aliphatic hydroxyl groups excluding tert-OH is 2. The monoisotopic (exact) mass is 189 g/mol. The fourth-order valence-corrected chi connectivity index (χ4v) is 1.33. The molecular weight excluding hydrogens is 166 g/mol. The number of nitrogens with one attached hydrogen (secondary N) is 1. The highest BCUT2D eigenvalue weighted by molar-refractivity contribution is 4.69. The van der Waals surface area contributed by atoms with Crippen molar-refractivity contribution >= 4 is 0 Å². The first kappa shape index (κ1) is 12.9. The molecule has 13 heavy (non-hydrogen) atoms. The number of unbranched alkanes of at least 4 members (excludes halogenated alkanes) is 1. The van der Waals surface area contributed by atoms with Crippen molar-refractivity contribution in [1.29, 1.82) is 0 Å². The average molecular weight is 189 g/mol. The molecule has 0 aromatic carbocycles. The van der Waals surface area contributed by atoms with Gasteiger partial charge in [-0.05, 0) is 31.7 Å². The van der Waals surface area contributed by atoms with E-state index in [-0.39, 0.29) is 13.2 Å². The van der Waals surface area contributed by atoms with E-state index < -0.39 is 0 Å². The molecular formula is C10H23NO2. The van der Waals surface area contributed by atoms with Crippen LogP contribution in [0.3, 0.4) is 0 Å². The molecule has 0 spiro atoms. The first-order valence-electron chi connectivity index (χ1n) is 5.17. The molecule has 0 fully saturated rings. The number of aliphatic hydroxyl groups is 2. The second kappa shape index (κ2) is 8.48. The van der Waals surface area contributed by atoms with Crippen molar-refractivity contribution in [2.75, 3.05) is 19.8 Å². The van der Waals surface area contributed by atoms with Crippen LogP contribution in [-0.2, 0) is 0 Å². The average Bonchev–Trinajstić information content (AvgIpc) is 2.10. The molecule has 0 saturated heterocycles. The molecule has 1 atom stereocenters. The Bertz CT molecular complexity index is 107. The molecule has 0 aliphatic rings. The highest BCUT2D eigenvalue weighted by Crippen LogP contribution is 2.05. The molecule has 0 aliphatic heterocycles. The number of hydrogen-bond donors (Lipinski definition) is 3. The largest absolute Gasteiger partial charge is 0.396 e. The standard InChI is InChI=1S/C10H23NO2/c1-9(2)10(5-8-13)11-6-3-4-7-12/h9-13H,3-8H2,1-2H3. The molecule has 0 aliphatic carbocycles. The predicted molar refractivity (Wildman–Crippen MR) is 54.7 cm³/mol. The van der Waals surface area contributed by atoms with E-state index in [0.29, 0.717) is 12.0 Å². The van der Waals surface area contributed by atoms with E-state index in [1.807, 2.05) is 0 Å². The summed E-state index contributed by atoms with van der Waals surface area (Å²) in [5.41, 5.74) is 0. The molecule has 0 heterocycles. The molecule has 3 heteroatoms. The molecule has 0 radical (unpaired) electrons. The van der Waals surface area contributed by atoms with Gasteiger partial charge in [0.15, 0.2) is 0 Å². The van der Waals surface area contributed by atoms with Gasteiger partial charge >= 0.3 is 0 Å². The maximum absolute atomic E-state index is 8.81. The Morgan fingerprint density at radius 3 is 2.23 bits per heavy atom. The van der Waals surface area contributed by atoms with Gasteiger partial charge in [0.25, 0.3) is 0 Å². The van der Waals surface area contributed by atoms with Crippen molar-refractivity contribution < 1.29 is 10.2 Å². The summed E-state index contributed by atoms with van der Waals surface area (Å²) < 4.78 is 0. The lowest BCUT2D eigenvalue weighted by atomic mass is 10.0. The predicted octanol–water partition coefficient (Wildman–Crippen LogP) is 0.756. The molecule has 0 aromatic rings. The van der Waals surface area contributed by atoms with Gasteiger partial charge in [0.2, 0.25) is 0 Å². The zero-order chi connectivity index (χ0) is 10.1. The molecule has 80 valence electrons. The summed E-state index contributed by atoms with van der Waals surface area (Å²) in [5.74, 6) is 0.557. The van der Waals surface area contributed by atoms with Gasteiger partial charge in [-0.15, -0.1) is 0 Å². The molecule has 0 bridgehead atoms. The van der Waals surface area contributed by atoms with E-state index in [1.165, 1.54) is 0 Å². The van der Waals surface area contributed by atoms with Crippen LogP contribution in [0.2, 0.25) is 0 Å². The van der Waals surface area contributed by atoms with Crippen LogP contribution in [0.4, 0.5) is 0 Å². The van der Waals surface area contributed by atoms with E-state index in [2.05, 4.69) is 19.2 Å². The van der Waals surface area contributed by atoms with Gasteiger partial charge in [-0.2, -0.15) is 0 Å². The van der Waals surface area contributed by atoms with Gasteiger partial charge in [0.05, 0.1) is 0 Å². The van der Waals surface area contributed by atoms with Crippen LogP contribution in [0.5, 0.6) is 0 Å². The topological polar surface area (TPSA) is 52.5 Å². The summed E-state index contributed by atoms with van der Waals surface area (Å²) in [6.07, 6.45) is 2.68. The third-order valence-corrected chi connectivity index (χ3v) is 2.24. The smallest absolute Gasteiger partial charge is 0.0445 e. The zero-order valence-electron chi connectivity index (χ0n) is 8.79. The van der Waals surface area contributed by atoms with E-state index >= 15 is 0 Å². The Balaban J connectivity index is 3.45. The molecule has 0 rings (SSSR count). The van der Waals surface area contributed by atoms with Crippen LogP contribution in [0.25, 0.3) is 0 Å². The highest BCUT2D eigenvalue weighted by Gasteiger charge is 2.10. The minimum Gasteiger partial charge on any atom is -0.396 e. The van der Waals surface area contributed by atoms with Crippen molar-refractivity contribution in [1.82, 2.24) is 5.32 Å². The van der Waals surface area contributed by atoms with Crippen molar-refractivity contribution in [3.63, 3.8) is 0 Å². The minimum absolute atomic E-state index is 0.246. The maximum Gasteiger partial charge on any atom is 0.0445 e. The summed E-state index contributed by atoms with van der Waals surface area (Å²) in [7, 11) is 0. The Morgan fingerprint density at radius 2 is 1.77 bits per heavy atom. The minimum atomic E-state index is 0.246. The number of hydrogen-bond acceptors (Lipinski definition) is 3. The summed E-state index contributed by atoms with van der Waals surface area (Å²) in [6.45, 7) is 5.76. The van der Waals surface area contributed by atoms with Crippen molar-refractivity contribution in [2.24, 2.45) is 5.92 Å². The van der Waals surface area contributed by atoms with Gasteiger partial charge in [-0.25, -0.2) is 0 Å². The quantitative estimate of drug-likeness (QED) is 0.494. The summed E-state index contributed by atoms with van der Waals surface area (Å²) >= 11 is 0. The van der Waals surface area contributed by atoms with Gasteiger partial charge in [-0.1, -0.05) is 13.8 Å². The fourth-order valence-electron chi connectivity index (χ4n) is 1.33. The Kier molecular flexibility index (Phi) is 8.40. The lowest BCUT2D eigenvalue weighted by Crippen LogP contribution is -2.35. The van der Waals surface area contributed by atoms with Crippen LogP contribution in [-0.4, -0.2) is 36.0 Å². The van der Waals surface area contributed by atoms with Crippen molar-refractivity contribution in [3.05, 3.63) is 0 Å². The normalized spacial score (nSPS) is 13.6. The van der Waals surface area contributed by atoms with Gasteiger partial charge in [0.1, 0.15) is 0 Å². The van der Waals surface area contributed by atoms with Crippen LogP contribution in [0.1, 0.15) is 33.1 Å². The molecule has 0 aromatic heterocycles. The highest BCUT2D eigenvalue weighted by atomic mass is 16.3. The number of rotatable bonds is 8. The zero-order valence-corrected chi connectivity index (χ0v) is 8.79. The Labute approximate surface area is 81.2 Å². The van der Waals surface area contributed by atoms with Crippen LogP contribution in [0, 0.1) is 5.92 Å². The molecule has 1 unspecified atom stereocenters. The van der Waals surface area contributed by atoms with E-state index in [9.17, 15) is 0 Å². The van der Waals surface area contributed by atoms with Gasteiger partial charge < -0.3 is 15.5 Å². The molecule has 3 nitrogen and oxygen atoms in total. The third-order valence-electron chi connectivity index (χ3n) is 2.24. The summed E-state index contributed by atoms with van der Waals surface area (Å²) in [5, 5.41) is 20.8. The van der Waals surface area contributed by atoms with E-state index in [4.69, 9.17) is 10.2 Å². The lowest BCUT2D eigenvalue weighted by Gasteiger charge is -2.21. The molecule has 0 amide bonds. The lowest BCUT2D eigenvalue weighted by molar-refractivity contribution is 0.241. The van der Waals surface area contributed by atoms with Crippen LogP contribution >= 0.6 is 0 Å². The first-order chi connectivity index (χ1) is 6.22. The first-order valence-corrected chi connectivity index (χ1v) is 5.17. The van der Waals surface area contributed by atoms with E-state index in [1.54, 1.807) is 0 Å². The van der Waals surface area contributed by atoms with Crippen molar-refractivity contribution in [2.45, 2.75) is 39.2 Å². The van der Waals surface area contributed by atoms with Gasteiger partial charge in [0, 0.05) is 19.3 Å². The Morgan fingerprint density at radius 1 is 1.08 bits per heavy atom. The second-order valence-corrected chi connectivity index (χ2v) is 3.75. The van der Waals surface area contributed by atoms with Crippen LogP contribution < -0.4 is 5.32 Å². The Hall–Kier alpha value is -0.120. The second-order valence-electron chi connectivity index (χ2n) is 3.75. The molecule has 0 saturated carbocycles. The molecule has 3 N–H and O–H groups in total. The van der Waals surface area contributed by atoms with Gasteiger partial charge in [-0.3, -0.25) is 0 Å². The summed E-state index contributed by atoms with van der Waals surface area (Å²) in [6, 6.07) is 0.406. The third kappa shape index (κ3) is 6.99. The SMILES string of the molecule is CC(C)C(CCO)NCCCCO. The fraction of sp³-hybridized carbons (Fsp3) is 1.00. The maximum atomic E-state index is 8.81. The van der Waals surface area contributed by atoms with Crippen LogP contribution in [0.15, 0.2) is 0 Å². The summed E-state index contributed by atoms with van der Waals surface area (Å²) in [4.78, 5) is 0. The van der Waals surface area contributed by atoms with E-state index in [0.717, 1.165) is 25.8 Å².